The molecule has 0 bridgehead atoms. The van der Waals surface area contributed by atoms with Crippen LogP contribution in [0.5, 0.6) is 6.01 Å². The van der Waals surface area contributed by atoms with Crippen molar-refractivity contribution in [1.82, 2.24) is 9.97 Å². The van der Waals surface area contributed by atoms with E-state index >= 15 is 0 Å². The molecule has 0 saturated heterocycles. The number of benzene rings is 2. The van der Waals surface area contributed by atoms with Crippen molar-refractivity contribution >= 4 is 5.97 Å². The first-order valence-corrected chi connectivity index (χ1v) is 10.6. The number of aliphatic carboxylic acids is 1. The highest BCUT2D eigenvalue weighted by Crippen LogP contribution is 2.38. The van der Waals surface area contributed by atoms with Gasteiger partial charge < -0.3 is 9.84 Å². The van der Waals surface area contributed by atoms with E-state index in [4.69, 9.17) is 14.8 Å². The molecule has 1 saturated carbocycles. The lowest BCUT2D eigenvalue weighted by Gasteiger charge is -2.33. The lowest BCUT2D eigenvalue weighted by Crippen LogP contribution is -2.32. The summed E-state index contributed by atoms with van der Waals surface area (Å²) in [5, 5.41) is 9.14. The van der Waals surface area contributed by atoms with Gasteiger partial charge in [0, 0.05) is 17.3 Å². The van der Waals surface area contributed by atoms with Crippen molar-refractivity contribution in [2.24, 2.45) is 11.8 Å². The Balaban J connectivity index is 1.40. The quantitative estimate of drug-likeness (QED) is 0.481. The largest absolute Gasteiger partial charge is 0.481 e. The molecule has 2 unspecified atom stereocenters. The van der Waals surface area contributed by atoms with Crippen LogP contribution >= 0.6 is 0 Å². The Kier molecular flexibility index (Phi) is 6.38. The van der Waals surface area contributed by atoms with Crippen LogP contribution in [0.1, 0.15) is 32.1 Å². The van der Waals surface area contributed by atoms with Gasteiger partial charge in [-0.2, -0.15) is 4.98 Å². The molecule has 1 aliphatic rings. The monoisotopic (exact) mass is 402 g/mol. The first kappa shape index (κ1) is 20.1. The summed E-state index contributed by atoms with van der Waals surface area (Å²) in [5.74, 6) is -0.468. The van der Waals surface area contributed by atoms with Crippen LogP contribution in [0.25, 0.3) is 22.4 Å². The molecule has 2 aromatic carbocycles. The molecule has 4 rings (SSSR count). The molecule has 1 aliphatic carbocycles. The van der Waals surface area contributed by atoms with Crippen LogP contribution in [0.4, 0.5) is 0 Å². The van der Waals surface area contributed by atoms with Gasteiger partial charge in [-0.05, 0) is 43.6 Å². The van der Waals surface area contributed by atoms with Crippen LogP contribution in [-0.4, -0.2) is 27.7 Å². The van der Waals surface area contributed by atoms with Crippen molar-refractivity contribution in [3.8, 4) is 28.4 Å². The van der Waals surface area contributed by atoms with Crippen molar-refractivity contribution in [2.45, 2.75) is 32.1 Å². The van der Waals surface area contributed by atoms with E-state index in [-0.39, 0.29) is 5.92 Å². The zero-order valence-corrected chi connectivity index (χ0v) is 16.9. The number of rotatable bonds is 9. The third-order valence-electron chi connectivity index (χ3n) is 5.83. The molecule has 3 aromatic rings. The summed E-state index contributed by atoms with van der Waals surface area (Å²) in [5.41, 5.74) is 3.91. The van der Waals surface area contributed by atoms with Gasteiger partial charge in [0.05, 0.1) is 18.2 Å². The fourth-order valence-corrected chi connectivity index (χ4v) is 3.99. The fraction of sp³-hybridized carbons (Fsp3) is 0.320. The maximum Gasteiger partial charge on any atom is 0.316 e. The third-order valence-corrected chi connectivity index (χ3v) is 5.83. The maximum absolute atomic E-state index is 11.1. The van der Waals surface area contributed by atoms with Gasteiger partial charge in [-0.1, -0.05) is 60.7 Å². The molecule has 154 valence electrons. The molecule has 30 heavy (non-hydrogen) atoms. The highest BCUT2D eigenvalue weighted by atomic mass is 16.5. The molecule has 0 radical (unpaired) electrons. The van der Waals surface area contributed by atoms with E-state index in [2.05, 4.69) is 17.1 Å². The van der Waals surface area contributed by atoms with Crippen molar-refractivity contribution in [2.75, 3.05) is 6.61 Å². The Labute approximate surface area is 176 Å². The molecule has 1 fully saturated rings. The zero-order chi connectivity index (χ0) is 20.8. The van der Waals surface area contributed by atoms with Gasteiger partial charge in [0.25, 0.3) is 0 Å². The van der Waals surface area contributed by atoms with Crippen LogP contribution < -0.4 is 4.74 Å². The van der Waals surface area contributed by atoms with Crippen molar-refractivity contribution < 1.29 is 14.6 Å². The minimum Gasteiger partial charge on any atom is -0.481 e. The van der Waals surface area contributed by atoms with E-state index in [1.54, 1.807) is 0 Å². The average molecular weight is 402 g/mol. The number of unbranched alkanes of at least 4 members (excludes halogenated alkanes) is 1. The van der Waals surface area contributed by atoms with Gasteiger partial charge in [0.2, 0.25) is 0 Å². The van der Waals surface area contributed by atoms with Crippen LogP contribution in [0, 0.1) is 11.8 Å². The number of carbonyl (C=O) groups is 1. The number of hydrogen-bond acceptors (Lipinski definition) is 4. The highest BCUT2D eigenvalue weighted by Gasteiger charge is 2.35. The lowest BCUT2D eigenvalue weighted by molar-refractivity contribution is -0.147. The number of hydrogen-bond donors (Lipinski definition) is 1. The van der Waals surface area contributed by atoms with E-state index in [1.807, 2.05) is 54.7 Å². The Morgan fingerprint density at radius 1 is 0.967 bits per heavy atom. The van der Waals surface area contributed by atoms with Crippen LogP contribution in [0.15, 0.2) is 66.9 Å². The minimum atomic E-state index is -0.650. The molecular formula is C25H26N2O3. The summed E-state index contributed by atoms with van der Waals surface area (Å²) >= 11 is 0. The van der Waals surface area contributed by atoms with Crippen molar-refractivity contribution in [3.63, 3.8) is 0 Å². The Hall–Kier alpha value is -3.21. The van der Waals surface area contributed by atoms with E-state index in [1.165, 1.54) is 0 Å². The zero-order valence-electron chi connectivity index (χ0n) is 16.9. The van der Waals surface area contributed by atoms with Gasteiger partial charge >= 0.3 is 12.0 Å². The molecule has 1 heterocycles. The fourth-order valence-electron chi connectivity index (χ4n) is 3.99. The lowest BCUT2D eigenvalue weighted by atomic mass is 9.71. The number of aromatic nitrogens is 2. The Bertz CT molecular complexity index is 976. The summed E-state index contributed by atoms with van der Waals surface area (Å²) in [6, 6.07) is 20.5. The molecular weight excluding hydrogens is 376 g/mol. The third kappa shape index (κ3) is 4.67. The van der Waals surface area contributed by atoms with E-state index in [9.17, 15) is 4.79 Å². The van der Waals surface area contributed by atoms with Gasteiger partial charge in [-0.3, -0.25) is 4.79 Å². The molecule has 2 atom stereocenters. The Morgan fingerprint density at radius 2 is 1.67 bits per heavy atom. The van der Waals surface area contributed by atoms with Gasteiger partial charge in [0.1, 0.15) is 0 Å². The second-order valence-corrected chi connectivity index (χ2v) is 7.77. The van der Waals surface area contributed by atoms with Crippen LogP contribution in [0.2, 0.25) is 0 Å². The minimum absolute atomic E-state index is 0.145. The number of ether oxygens (including phenoxy) is 1. The first-order chi connectivity index (χ1) is 14.7. The normalized spacial score (nSPS) is 17.9. The van der Waals surface area contributed by atoms with Gasteiger partial charge in [-0.15, -0.1) is 0 Å². The number of nitrogens with zero attached hydrogens (tertiary/aromatic N) is 2. The molecule has 0 amide bonds. The van der Waals surface area contributed by atoms with Crippen molar-refractivity contribution in [3.05, 3.63) is 66.9 Å². The standard InChI is InChI=1S/C25H26N2O3/c28-24(29)21-15-14-19(21)11-7-8-16-30-25-26-17-22(18-9-3-1-4-10-18)23(27-25)20-12-5-2-6-13-20/h1-6,9-10,12-13,17,19,21H,7-8,11,14-16H2,(H,28,29). The van der Waals surface area contributed by atoms with E-state index in [0.717, 1.165) is 54.5 Å². The predicted molar refractivity (Wildman–Crippen MR) is 116 cm³/mol. The smallest absolute Gasteiger partial charge is 0.316 e. The van der Waals surface area contributed by atoms with Crippen LogP contribution in [0.3, 0.4) is 0 Å². The van der Waals surface area contributed by atoms with Crippen LogP contribution in [-0.2, 0) is 4.79 Å². The molecule has 1 aromatic heterocycles. The summed E-state index contributed by atoms with van der Waals surface area (Å²) in [6.07, 6.45) is 6.45. The predicted octanol–water partition coefficient (Wildman–Crippen LogP) is 5.47. The second kappa shape index (κ2) is 9.53. The van der Waals surface area contributed by atoms with Crippen molar-refractivity contribution in [1.29, 1.82) is 0 Å². The second-order valence-electron chi connectivity index (χ2n) is 7.77. The molecule has 0 aliphatic heterocycles. The van der Waals surface area contributed by atoms with Gasteiger partial charge in [-0.25, -0.2) is 4.98 Å². The molecule has 1 N–H and O–H groups in total. The number of carboxylic acids is 1. The van der Waals surface area contributed by atoms with E-state index in [0.29, 0.717) is 18.5 Å². The average Bonchev–Trinajstić information content (AvgIpc) is 2.76. The molecule has 0 spiro atoms. The first-order valence-electron chi connectivity index (χ1n) is 10.6. The SMILES string of the molecule is O=C(O)C1CCC1CCCCOc1ncc(-c2ccccc2)c(-c2ccccc2)n1. The summed E-state index contributed by atoms with van der Waals surface area (Å²) < 4.78 is 5.83. The summed E-state index contributed by atoms with van der Waals surface area (Å²) in [7, 11) is 0. The number of carboxylic acid groups (broad SMARTS) is 1. The van der Waals surface area contributed by atoms with E-state index < -0.39 is 5.97 Å². The topological polar surface area (TPSA) is 72.3 Å². The highest BCUT2D eigenvalue weighted by molar-refractivity contribution is 5.80. The van der Waals surface area contributed by atoms with Gasteiger partial charge in [0.15, 0.2) is 0 Å². The maximum atomic E-state index is 11.1. The summed E-state index contributed by atoms with van der Waals surface area (Å²) in [6.45, 7) is 0.531. The summed E-state index contributed by atoms with van der Waals surface area (Å²) in [4.78, 5) is 20.2. The molecule has 5 heteroatoms. The Morgan fingerprint density at radius 3 is 2.30 bits per heavy atom. The molecule has 5 nitrogen and oxygen atoms in total.